The van der Waals surface area contributed by atoms with Crippen LogP contribution in [-0.2, 0) is 10.0 Å². The number of benzene rings is 1. The molecule has 11 heteroatoms. The quantitative estimate of drug-likeness (QED) is 0.649. The number of hydrogen-bond donors (Lipinski definition) is 1. The van der Waals surface area contributed by atoms with E-state index in [0.717, 1.165) is 0 Å². The molecule has 1 N–H and O–H groups in total. The van der Waals surface area contributed by atoms with E-state index in [-0.39, 0.29) is 47.9 Å². The van der Waals surface area contributed by atoms with Crippen LogP contribution in [-0.4, -0.2) is 77.5 Å². The Morgan fingerprint density at radius 1 is 1.42 bits per heavy atom. The molecule has 1 amide bonds. The van der Waals surface area contributed by atoms with Crippen molar-refractivity contribution < 1.29 is 23.1 Å². The Bertz CT molecular complexity index is 1040. The van der Waals surface area contributed by atoms with Crippen molar-refractivity contribution in [3.63, 3.8) is 0 Å². The van der Waals surface area contributed by atoms with Gasteiger partial charge in [-0.3, -0.25) is 9.78 Å². The second-order valence-corrected chi connectivity index (χ2v) is 10.4. The molecule has 0 saturated carbocycles. The lowest BCUT2D eigenvalue weighted by molar-refractivity contribution is 0.0559. The number of fused-ring (bicyclic) bond motifs is 1. The third-order valence-electron chi connectivity index (χ3n) is 5.21. The van der Waals surface area contributed by atoms with Crippen LogP contribution in [0.2, 0.25) is 0 Å². The maximum Gasteiger partial charge on any atom is 0.273 e. The largest absolute Gasteiger partial charge is 0.487 e. The topological polar surface area (TPSA) is 113 Å². The number of aliphatic hydroxyl groups is 1. The molecule has 1 aliphatic rings. The number of sulfonamides is 1. The Kier molecular flexibility index (Phi) is 7.30. The molecule has 3 rings (SSSR count). The summed E-state index contributed by atoms with van der Waals surface area (Å²) in [5.74, 6) is -0.386. The van der Waals surface area contributed by atoms with Crippen LogP contribution in [0.4, 0.5) is 0 Å². The third-order valence-corrected chi connectivity index (χ3v) is 7.72. The van der Waals surface area contributed by atoms with Crippen molar-refractivity contribution >= 4 is 31.9 Å². The van der Waals surface area contributed by atoms with E-state index in [9.17, 15) is 18.3 Å². The number of rotatable bonds is 5. The molecule has 31 heavy (non-hydrogen) atoms. The highest BCUT2D eigenvalue weighted by atomic mass is 79.9. The van der Waals surface area contributed by atoms with Crippen LogP contribution in [0.15, 0.2) is 46.2 Å². The Balaban J connectivity index is 1.96. The molecule has 9 nitrogen and oxygen atoms in total. The minimum atomic E-state index is -3.89. The maximum atomic E-state index is 13.3. The highest BCUT2D eigenvalue weighted by Gasteiger charge is 2.38. The summed E-state index contributed by atoms with van der Waals surface area (Å²) in [6.07, 6.45) is 3.83. The highest BCUT2D eigenvalue weighted by molar-refractivity contribution is 9.10. The molecule has 0 fully saturated rings. The van der Waals surface area contributed by atoms with Gasteiger partial charge in [-0.05, 0) is 25.1 Å². The Morgan fingerprint density at radius 3 is 2.81 bits per heavy atom. The molecular formula is C20H25BrN4O5S. The second-order valence-electron chi connectivity index (χ2n) is 7.61. The monoisotopic (exact) mass is 512 g/mol. The van der Waals surface area contributed by atoms with E-state index in [4.69, 9.17) is 4.74 Å². The lowest BCUT2D eigenvalue weighted by atomic mass is 10.0. The molecule has 0 aliphatic carbocycles. The van der Waals surface area contributed by atoms with Crippen LogP contribution in [0.5, 0.6) is 5.75 Å². The fourth-order valence-electron chi connectivity index (χ4n) is 3.38. The van der Waals surface area contributed by atoms with Crippen LogP contribution < -0.4 is 4.74 Å². The molecule has 2 aromatic rings. The summed E-state index contributed by atoms with van der Waals surface area (Å²) >= 11 is 3.36. The third kappa shape index (κ3) is 5.05. The summed E-state index contributed by atoms with van der Waals surface area (Å²) < 4.78 is 34.7. The van der Waals surface area contributed by atoms with Gasteiger partial charge in [-0.15, -0.1) is 0 Å². The molecule has 0 unspecified atom stereocenters. The first-order valence-electron chi connectivity index (χ1n) is 9.75. The van der Waals surface area contributed by atoms with Gasteiger partial charge in [0.25, 0.3) is 5.91 Å². The van der Waals surface area contributed by atoms with E-state index < -0.39 is 22.2 Å². The van der Waals surface area contributed by atoms with Crippen LogP contribution in [0.1, 0.15) is 24.3 Å². The summed E-state index contributed by atoms with van der Waals surface area (Å²) in [7, 11) is -2.25. The van der Waals surface area contributed by atoms with Crippen LogP contribution in [0.25, 0.3) is 0 Å². The Hall–Kier alpha value is -2.08. The van der Waals surface area contributed by atoms with Crippen molar-refractivity contribution in [3.8, 4) is 5.75 Å². The normalized spacial score (nSPS) is 21.8. The molecule has 1 aliphatic heterocycles. The summed E-state index contributed by atoms with van der Waals surface area (Å²) in [6, 6.07) is 4.10. The predicted octanol–water partition coefficient (Wildman–Crippen LogP) is 1.78. The van der Waals surface area contributed by atoms with Gasteiger partial charge in [0.15, 0.2) is 0 Å². The van der Waals surface area contributed by atoms with Crippen LogP contribution >= 0.6 is 15.9 Å². The van der Waals surface area contributed by atoms with Gasteiger partial charge >= 0.3 is 0 Å². The standard InChI is InChI=1S/C20H25BrN4O5S/c1-13-10-25(14(2)12-26)31(28,29)19-5-4-15(21)8-17(19)30-18(13)11-24(3)20(27)16-9-22-6-7-23-16/h4-9,13-14,18,26H,10-12H2,1-3H3/t13-,14+,18-/m1/s1. The van der Waals surface area contributed by atoms with E-state index in [1.807, 2.05) is 6.92 Å². The summed E-state index contributed by atoms with van der Waals surface area (Å²) in [5, 5.41) is 9.66. The van der Waals surface area contributed by atoms with Gasteiger partial charge in [0.05, 0.1) is 19.3 Å². The average Bonchev–Trinajstić information content (AvgIpc) is 2.75. The molecule has 0 radical (unpaired) electrons. The van der Waals surface area contributed by atoms with Crippen molar-refractivity contribution in [2.24, 2.45) is 5.92 Å². The number of aliphatic hydroxyl groups excluding tert-OH is 1. The van der Waals surface area contributed by atoms with Crippen molar-refractivity contribution in [3.05, 3.63) is 47.0 Å². The number of likely N-dealkylation sites (N-methyl/N-ethyl adjacent to an activating group) is 1. The maximum absolute atomic E-state index is 13.3. The van der Waals surface area contributed by atoms with E-state index >= 15 is 0 Å². The first kappa shape index (κ1) is 23.6. The second kappa shape index (κ2) is 9.60. The molecule has 168 valence electrons. The van der Waals surface area contributed by atoms with Gasteiger partial charge in [-0.2, -0.15) is 4.31 Å². The highest BCUT2D eigenvalue weighted by Crippen LogP contribution is 2.35. The minimum absolute atomic E-state index is 0.0239. The zero-order valence-corrected chi connectivity index (χ0v) is 19.9. The van der Waals surface area contributed by atoms with Crippen molar-refractivity contribution in [2.75, 3.05) is 26.7 Å². The van der Waals surface area contributed by atoms with Crippen LogP contribution in [0, 0.1) is 5.92 Å². The fraction of sp³-hybridized carbons (Fsp3) is 0.450. The van der Waals surface area contributed by atoms with Gasteiger partial charge in [-0.1, -0.05) is 22.9 Å². The summed E-state index contributed by atoms with van der Waals surface area (Å²) in [6.45, 7) is 3.56. The number of amides is 1. The van der Waals surface area contributed by atoms with Gasteiger partial charge in [0, 0.05) is 42.4 Å². The Labute approximate surface area is 190 Å². The Morgan fingerprint density at radius 2 is 2.16 bits per heavy atom. The molecule has 1 aromatic carbocycles. The predicted molar refractivity (Wildman–Crippen MR) is 117 cm³/mol. The van der Waals surface area contributed by atoms with Gasteiger partial charge < -0.3 is 14.7 Å². The molecule has 2 heterocycles. The summed E-state index contributed by atoms with van der Waals surface area (Å²) in [4.78, 5) is 22.2. The molecule has 0 saturated heterocycles. The molecule has 1 aromatic heterocycles. The number of carbonyl (C=O) groups excluding carboxylic acids is 1. The van der Waals surface area contributed by atoms with Gasteiger partial charge in [0.1, 0.15) is 22.4 Å². The minimum Gasteiger partial charge on any atom is -0.487 e. The van der Waals surface area contributed by atoms with Crippen molar-refractivity contribution in [1.29, 1.82) is 0 Å². The first-order valence-corrected chi connectivity index (χ1v) is 12.0. The molecule has 0 bridgehead atoms. The van der Waals surface area contributed by atoms with E-state index in [0.29, 0.717) is 4.47 Å². The number of ether oxygens (including phenoxy) is 1. The number of halogens is 1. The van der Waals surface area contributed by atoms with Gasteiger partial charge in [-0.25, -0.2) is 13.4 Å². The van der Waals surface area contributed by atoms with Crippen LogP contribution in [0.3, 0.4) is 0 Å². The number of carbonyl (C=O) groups is 1. The molecule has 3 atom stereocenters. The molecular weight excluding hydrogens is 488 g/mol. The van der Waals surface area contributed by atoms with Crippen molar-refractivity contribution in [2.45, 2.75) is 30.9 Å². The smallest absolute Gasteiger partial charge is 0.273 e. The first-order chi connectivity index (χ1) is 14.6. The number of aromatic nitrogens is 2. The van der Waals surface area contributed by atoms with Crippen molar-refractivity contribution in [1.82, 2.24) is 19.2 Å². The fourth-order valence-corrected chi connectivity index (χ4v) is 5.54. The average molecular weight is 513 g/mol. The number of nitrogens with zero attached hydrogens (tertiary/aromatic N) is 4. The zero-order chi connectivity index (χ0) is 22.8. The zero-order valence-electron chi connectivity index (χ0n) is 17.5. The van der Waals surface area contributed by atoms with E-state index in [1.165, 1.54) is 33.9 Å². The number of hydrogen-bond acceptors (Lipinski definition) is 7. The summed E-state index contributed by atoms with van der Waals surface area (Å²) in [5.41, 5.74) is 0.213. The van der Waals surface area contributed by atoms with E-state index in [1.54, 1.807) is 26.1 Å². The van der Waals surface area contributed by atoms with E-state index in [2.05, 4.69) is 25.9 Å². The lowest BCUT2D eigenvalue weighted by Gasteiger charge is -2.37. The molecule has 0 spiro atoms. The lowest BCUT2D eigenvalue weighted by Crippen LogP contribution is -2.50. The van der Waals surface area contributed by atoms with Gasteiger partial charge in [0.2, 0.25) is 10.0 Å². The SMILES string of the molecule is C[C@@H]1CN([C@@H](C)CO)S(=O)(=O)c2ccc(Br)cc2O[C@@H]1CN(C)C(=O)c1cnccn1.